The topological polar surface area (TPSA) is 113 Å². The average Bonchev–Trinajstić information content (AvgIpc) is 3.81. The van der Waals surface area contributed by atoms with E-state index < -0.39 is 5.97 Å². The Bertz CT molecular complexity index is 2470. The number of H-pyrrole nitrogens is 1. The molecule has 0 aliphatic carbocycles. The molecule has 0 bridgehead atoms. The van der Waals surface area contributed by atoms with E-state index in [0.29, 0.717) is 64.8 Å². The van der Waals surface area contributed by atoms with Crippen LogP contribution in [0.15, 0.2) is 36.4 Å². The minimum atomic E-state index is -0.546. The first-order valence-electron chi connectivity index (χ1n) is 17.7. The van der Waals surface area contributed by atoms with Crippen molar-refractivity contribution in [1.29, 1.82) is 0 Å². The lowest BCUT2D eigenvalue weighted by atomic mass is 9.98. The summed E-state index contributed by atoms with van der Waals surface area (Å²) in [6, 6.07) is 11.0. The number of aromatic nitrogens is 4. The Balaban J connectivity index is 1.40. The molecule has 54 heavy (non-hydrogen) atoms. The van der Waals surface area contributed by atoms with Gasteiger partial charge in [0.1, 0.15) is 17.1 Å². The van der Waals surface area contributed by atoms with Gasteiger partial charge in [-0.3, -0.25) is 9.48 Å². The van der Waals surface area contributed by atoms with Crippen molar-refractivity contribution in [3.05, 3.63) is 85.9 Å². The molecule has 0 spiro atoms. The summed E-state index contributed by atoms with van der Waals surface area (Å²) in [5.74, 6) is 0.857. The predicted molar refractivity (Wildman–Crippen MR) is 212 cm³/mol. The molecule has 0 saturated carbocycles. The van der Waals surface area contributed by atoms with Gasteiger partial charge in [-0.15, -0.1) is 0 Å². The maximum Gasteiger partial charge on any atom is 0.354 e. The van der Waals surface area contributed by atoms with E-state index in [-0.39, 0.29) is 17.6 Å². The molecular weight excluding hydrogens is 729 g/mol. The Morgan fingerprint density at radius 1 is 0.981 bits per heavy atom. The lowest BCUT2D eigenvalue weighted by Gasteiger charge is -2.35. The van der Waals surface area contributed by atoms with Crippen LogP contribution in [0.3, 0.4) is 0 Å². The van der Waals surface area contributed by atoms with Crippen molar-refractivity contribution in [2.24, 2.45) is 7.05 Å². The van der Waals surface area contributed by atoms with Crippen molar-refractivity contribution >= 4 is 62.6 Å². The molecule has 1 N–H and O–H groups in total. The van der Waals surface area contributed by atoms with Crippen molar-refractivity contribution in [1.82, 2.24) is 19.3 Å². The Morgan fingerprint density at radius 3 is 2.33 bits per heavy atom. The van der Waals surface area contributed by atoms with Gasteiger partial charge in [-0.1, -0.05) is 29.3 Å². The van der Waals surface area contributed by atoms with Crippen LogP contribution in [0.2, 0.25) is 10.0 Å². The Morgan fingerprint density at radius 2 is 1.70 bits per heavy atom. The number of benzene rings is 3. The molecule has 0 unspecified atom stereocenters. The monoisotopic (exact) mass is 771 g/mol. The van der Waals surface area contributed by atoms with E-state index in [9.17, 15) is 4.79 Å². The van der Waals surface area contributed by atoms with E-state index in [4.69, 9.17) is 47.2 Å². The second-order valence-electron chi connectivity index (χ2n) is 13.9. The van der Waals surface area contributed by atoms with Gasteiger partial charge in [0.2, 0.25) is 0 Å². The normalized spacial score (nSPS) is 14.2. The largest absolute Gasteiger partial charge is 0.494 e. The number of anilines is 1. The van der Waals surface area contributed by atoms with Crippen LogP contribution in [0.1, 0.15) is 68.4 Å². The number of nitrogens with zero attached hydrogens (tertiary/aromatic N) is 4. The maximum atomic E-state index is 15.2. The molecule has 0 fully saturated rings. The molecule has 7 rings (SSSR count). The third-order valence-electron chi connectivity index (χ3n) is 10.5. The van der Waals surface area contributed by atoms with Crippen LogP contribution in [0, 0.1) is 27.7 Å². The van der Waals surface area contributed by atoms with E-state index in [0.717, 1.165) is 60.9 Å². The number of rotatable bonds is 10. The van der Waals surface area contributed by atoms with Gasteiger partial charge in [0, 0.05) is 58.3 Å². The number of fused-ring (bicyclic) bond motifs is 4. The fourth-order valence-electron chi connectivity index (χ4n) is 7.96. The number of esters is 1. The van der Waals surface area contributed by atoms with Crippen LogP contribution in [0.25, 0.3) is 32.9 Å². The molecule has 1 atom stereocenters. The molecule has 4 heterocycles. The summed E-state index contributed by atoms with van der Waals surface area (Å²) in [5.41, 5.74) is 9.19. The number of amides is 1. The van der Waals surface area contributed by atoms with Crippen molar-refractivity contribution in [2.45, 2.75) is 53.5 Å². The maximum absolute atomic E-state index is 15.2. The highest BCUT2D eigenvalue weighted by Gasteiger charge is 2.38. The van der Waals surface area contributed by atoms with Crippen LogP contribution in [-0.4, -0.2) is 65.7 Å². The molecule has 13 heteroatoms. The third-order valence-corrected chi connectivity index (χ3v) is 11.4. The predicted octanol–water partition coefficient (Wildman–Crippen LogP) is 9.10. The van der Waals surface area contributed by atoms with Gasteiger partial charge in [-0.2, -0.15) is 5.10 Å². The molecule has 1 amide bonds. The lowest BCUT2D eigenvalue weighted by molar-refractivity contribution is 0.0595. The Kier molecular flexibility index (Phi) is 9.82. The lowest BCUT2D eigenvalue weighted by Crippen LogP contribution is -2.42. The van der Waals surface area contributed by atoms with Crippen LogP contribution in [0.5, 0.6) is 17.2 Å². The number of hydrogen-bond acceptors (Lipinski definition) is 7. The van der Waals surface area contributed by atoms with Crippen LogP contribution < -0.4 is 19.1 Å². The minimum Gasteiger partial charge on any atom is -0.494 e. The number of carbonyl (C=O) groups is 2. The first-order valence-corrected chi connectivity index (χ1v) is 18.5. The van der Waals surface area contributed by atoms with Crippen LogP contribution in [-0.2, 0) is 18.2 Å². The Hall–Kier alpha value is -5.13. The van der Waals surface area contributed by atoms with Gasteiger partial charge in [-0.05, 0) is 88.4 Å². The van der Waals surface area contributed by atoms with Gasteiger partial charge in [0.25, 0.3) is 5.91 Å². The van der Waals surface area contributed by atoms with E-state index in [1.807, 2.05) is 63.7 Å². The van der Waals surface area contributed by atoms with E-state index >= 15 is 4.79 Å². The average molecular weight is 773 g/mol. The first kappa shape index (κ1) is 37.2. The van der Waals surface area contributed by atoms with Gasteiger partial charge in [-0.25, -0.2) is 4.79 Å². The number of carbonyl (C=O) groups excluding carboxylic acids is 2. The van der Waals surface area contributed by atoms with E-state index in [1.54, 1.807) is 24.1 Å². The van der Waals surface area contributed by atoms with Crippen molar-refractivity contribution in [3.63, 3.8) is 0 Å². The molecule has 6 aromatic rings. The number of aromatic amines is 1. The summed E-state index contributed by atoms with van der Waals surface area (Å²) < 4.78 is 26.7. The summed E-state index contributed by atoms with van der Waals surface area (Å²) in [7, 11) is 6.32. The molecule has 282 valence electrons. The van der Waals surface area contributed by atoms with Crippen molar-refractivity contribution < 1.29 is 28.5 Å². The van der Waals surface area contributed by atoms with E-state index in [1.165, 1.54) is 14.2 Å². The van der Waals surface area contributed by atoms with Crippen LogP contribution >= 0.6 is 23.2 Å². The second kappa shape index (κ2) is 14.3. The molecule has 0 radical (unpaired) electrons. The zero-order chi connectivity index (χ0) is 38.7. The molecule has 1 aliphatic rings. The molecular formula is C41H43Cl2N5O6. The highest BCUT2D eigenvalue weighted by molar-refractivity contribution is 6.35. The zero-order valence-electron chi connectivity index (χ0n) is 31.9. The molecule has 3 aromatic heterocycles. The summed E-state index contributed by atoms with van der Waals surface area (Å²) in [4.78, 5) is 32.9. The summed E-state index contributed by atoms with van der Waals surface area (Å²) in [5, 5.41) is 7.55. The third kappa shape index (κ3) is 5.94. The van der Waals surface area contributed by atoms with Crippen molar-refractivity contribution in [3.8, 4) is 28.4 Å². The second-order valence-corrected chi connectivity index (χ2v) is 14.7. The van der Waals surface area contributed by atoms with Gasteiger partial charge in [0.15, 0.2) is 11.5 Å². The fraction of sp³-hybridized carbons (Fsp3) is 0.341. The smallest absolute Gasteiger partial charge is 0.354 e. The molecule has 3 aromatic carbocycles. The highest BCUT2D eigenvalue weighted by atomic mass is 35.5. The first-order chi connectivity index (χ1) is 25.8. The number of hydrogen-bond donors (Lipinski definition) is 1. The standard InChI is InChI=1S/C41H43Cl2N5O6/c1-20-15-25(16-21(2)35(20)43)54-14-10-11-26-27-12-13-29(42)34(33-23(4)45-46(6)24(33)5)37(27)48-22(3)19-47(40(49)38(26)48)31-18-32(51-7)39(52-8)28-17-30(41(50)53-9)44-36(28)31/h12-13,15-18,22,44H,10-11,14,19H2,1-9H3/t22-/m1/s1. The minimum absolute atomic E-state index is 0.196. The SMILES string of the molecule is COC(=O)c1cc2c(OC)c(OC)cc(N3C[C@@H](C)n4c(c(CCCOc5cc(C)c(Cl)c(C)c5)c5ccc(Cl)c(-c6c(C)nn(C)c6C)c54)C3=O)c2[nH]1. The molecule has 11 nitrogen and oxygen atoms in total. The van der Waals surface area contributed by atoms with Gasteiger partial charge >= 0.3 is 5.97 Å². The summed E-state index contributed by atoms with van der Waals surface area (Å²) >= 11 is 13.5. The van der Waals surface area contributed by atoms with Crippen LogP contribution in [0.4, 0.5) is 5.69 Å². The molecule has 0 saturated heterocycles. The quantitative estimate of drug-likeness (QED) is 0.109. The number of halogens is 2. The summed E-state index contributed by atoms with van der Waals surface area (Å²) in [6.07, 6.45) is 1.19. The summed E-state index contributed by atoms with van der Waals surface area (Å²) in [6.45, 7) is 10.8. The molecule has 1 aliphatic heterocycles. The van der Waals surface area contributed by atoms with Gasteiger partial charge in [0.05, 0.1) is 55.4 Å². The number of ether oxygens (including phenoxy) is 4. The van der Waals surface area contributed by atoms with Gasteiger partial charge < -0.3 is 33.4 Å². The number of methoxy groups -OCH3 is 3. The van der Waals surface area contributed by atoms with E-state index in [2.05, 4.69) is 16.5 Å². The number of nitrogens with one attached hydrogen (secondary N) is 1. The highest BCUT2D eigenvalue weighted by Crippen LogP contribution is 2.47. The number of aryl methyl sites for hydroxylation is 5. The van der Waals surface area contributed by atoms with Crippen molar-refractivity contribution in [2.75, 3.05) is 39.4 Å². The zero-order valence-corrected chi connectivity index (χ0v) is 33.4. The Labute approximate surface area is 323 Å². The fourth-order valence-corrected chi connectivity index (χ4v) is 8.32.